The monoisotopic (exact) mass is 534 g/mol. The summed E-state index contributed by atoms with van der Waals surface area (Å²) in [5, 5.41) is 2.66. The lowest BCUT2D eigenvalue weighted by atomic mass is 10.1. The van der Waals surface area contributed by atoms with Crippen LogP contribution in [0.15, 0.2) is 66.2 Å². The Bertz CT molecular complexity index is 1400. The molecule has 1 N–H and O–H groups in total. The lowest BCUT2D eigenvalue weighted by molar-refractivity contribution is -0.122. The van der Waals surface area contributed by atoms with Crippen LogP contribution >= 0.6 is 11.6 Å². The fourth-order valence-corrected chi connectivity index (χ4v) is 3.89. The van der Waals surface area contributed by atoms with E-state index in [2.05, 4.69) is 5.32 Å². The molecule has 0 aliphatic carbocycles. The molecule has 1 aliphatic heterocycles. The van der Waals surface area contributed by atoms with Gasteiger partial charge in [-0.25, -0.2) is 9.69 Å². The van der Waals surface area contributed by atoms with E-state index in [1.165, 1.54) is 23.8 Å². The average Bonchev–Trinajstić information content (AvgIpc) is 2.88. The molecule has 0 radical (unpaired) electrons. The molecule has 0 unspecified atom stereocenters. The zero-order valence-electron chi connectivity index (χ0n) is 21.2. The Labute approximate surface area is 225 Å². The van der Waals surface area contributed by atoms with Crippen LogP contribution < -0.4 is 24.4 Å². The van der Waals surface area contributed by atoms with Gasteiger partial charge in [0, 0.05) is 5.02 Å². The third-order valence-electron chi connectivity index (χ3n) is 5.85. The van der Waals surface area contributed by atoms with E-state index in [-0.39, 0.29) is 17.9 Å². The van der Waals surface area contributed by atoms with Crippen molar-refractivity contribution >= 4 is 41.2 Å². The molecular formula is C29H27ClN2O6. The van der Waals surface area contributed by atoms with Crippen LogP contribution in [0.2, 0.25) is 5.02 Å². The lowest BCUT2D eigenvalue weighted by Crippen LogP contribution is -2.54. The Balaban J connectivity index is 1.49. The first-order valence-corrected chi connectivity index (χ1v) is 12.4. The first-order chi connectivity index (χ1) is 18.3. The SMILES string of the molecule is CCOc1cc(C=C2C(=O)NC(=O)N(c3ccc(Cl)cc3)C2=O)ccc1OCCOc1ccc(C)c(C)c1. The van der Waals surface area contributed by atoms with Crippen LogP contribution in [0.25, 0.3) is 6.08 Å². The second-order valence-electron chi connectivity index (χ2n) is 8.52. The highest BCUT2D eigenvalue weighted by Gasteiger charge is 2.36. The molecule has 1 saturated heterocycles. The van der Waals surface area contributed by atoms with Crippen molar-refractivity contribution in [2.45, 2.75) is 20.8 Å². The number of carbonyl (C=O) groups is 3. The summed E-state index contributed by atoms with van der Waals surface area (Å²) in [4.78, 5) is 38.9. The van der Waals surface area contributed by atoms with Gasteiger partial charge in [0.1, 0.15) is 24.5 Å². The lowest BCUT2D eigenvalue weighted by Gasteiger charge is -2.26. The van der Waals surface area contributed by atoms with E-state index in [9.17, 15) is 14.4 Å². The molecule has 8 nitrogen and oxygen atoms in total. The number of benzene rings is 3. The van der Waals surface area contributed by atoms with Crippen LogP contribution in [0.5, 0.6) is 17.2 Å². The molecule has 4 rings (SSSR count). The number of hydrogen-bond donors (Lipinski definition) is 1. The number of nitrogens with zero attached hydrogens (tertiary/aromatic N) is 1. The fraction of sp³-hybridized carbons (Fsp3) is 0.207. The zero-order chi connectivity index (χ0) is 27.2. The summed E-state index contributed by atoms with van der Waals surface area (Å²) in [5.74, 6) is 0.178. The summed E-state index contributed by atoms with van der Waals surface area (Å²) in [6.45, 7) is 6.92. The molecule has 1 aliphatic rings. The van der Waals surface area contributed by atoms with Crippen molar-refractivity contribution in [2.24, 2.45) is 0 Å². The van der Waals surface area contributed by atoms with Gasteiger partial charge in [0.15, 0.2) is 11.5 Å². The maximum absolute atomic E-state index is 13.1. The molecule has 3 aromatic carbocycles. The van der Waals surface area contributed by atoms with Gasteiger partial charge in [-0.05, 0) is 92.1 Å². The predicted octanol–water partition coefficient (Wildman–Crippen LogP) is 5.48. The smallest absolute Gasteiger partial charge is 0.335 e. The van der Waals surface area contributed by atoms with Gasteiger partial charge in [0.25, 0.3) is 11.8 Å². The minimum Gasteiger partial charge on any atom is -0.490 e. The number of rotatable bonds is 9. The van der Waals surface area contributed by atoms with Crippen LogP contribution in [0.1, 0.15) is 23.6 Å². The third-order valence-corrected chi connectivity index (χ3v) is 6.11. The Morgan fingerprint density at radius 3 is 2.29 bits per heavy atom. The van der Waals surface area contributed by atoms with Crippen LogP contribution in [0, 0.1) is 13.8 Å². The van der Waals surface area contributed by atoms with E-state index < -0.39 is 17.8 Å². The van der Waals surface area contributed by atoms with Crippen LogP contribution in [-0.2, 0) is 9.59 Å². The predicted molar refractivity (Wildman–Crippen MR) is 145 cm³/mol. The number of imide groups is 2. The fourth-order valence-electron chi connectivity index (χ4n) is 3.77. The molecule has 196 valence electrons. The minimum absolute atomic E-state index is 0.197. The van der Waals surface area contributed by atoms with E-state index in [4.69, 9.17) is 25.8 Å². The molecule has 0 spiro atoms. The molecule has 1 fully saturated rings. The van der Waals surface area contributed by atoms with Gasteiger partial charge in [-0.15, -0.1) is 0 Å². The van der Waals surface area contributed by atoms with Crippen molar-refractivity contribution in [3.05, 3.63) is 87.9 Å². The minimum atomic E-state index is -0.832. The topological polar surface area (TPSA) is 94.2 Å². The summed E-state index contributed by atoms with van der Waals surface area (Å²) in [6.07, 6.45) is 1.40. The molecule has 3 aromatic rings. The first kappa shape index (κ1) is 26.8. The molecule has 9 heteroatoms. The molecule has 0 aromatic heterocycles. The van der Waals surface area contributed by atoms with Crippen molar-refractivity contribution < 1.29 is 28.6 Å². The number of carbonyl (C=O) groups excluding carboxylic acids is 3. The molecule has 38 heavy (non-hydrogen) atoms. The van der Waals surface area contributed by atoms with Crippen LogP contribution in [0.3, 0.4) is 0 Å². The van der Waals surface area contributed by atoms with Crippen LogP contribution in [0.4, 0.5) is 10.5 Å². The van der Waals surface area contributed by atoms with Crippen LogP contribution in [-0.4, -0.2) is 37.7 Å². The maximum atomic E-state index is 13.1. The van der Waals surface area contributed by atoms with E-state index in [1.54, 1.807) is 30.3 Å². The van der Waals surface area contributed by atoms with Gasteiger partial charge in [-0.3, -0.25) is 14.9 Å². The molecule has 1 heterocycles. The number of amides is 4. The summed E-state index contributed by atoms with van der Waals surface area (Å²) in [6, 6.07) is 16.3. The highest BCUT2D eigenvalue weighted by Crippen LogP contribution is 2.30. The summed E-state index contributed by atoms with van der Waals surface area (Å²) in [5.41, 5.74) is 2.96. The Morgan fingerprint density at radius 1 is 0.842 bits per heavy atom. The highest BCUT2D eigenvalue weighted by atomic mass is 35.5. The first-order valence-electron chi connectivity index (χ1n) is 12.0. The molecule has 0 saturated carbocycles. The number of barbiturate groups is 1. The number of hydrogen-bond acceptors (Lipinski definition) is 6. The highest BCUT2D eigenvalue weighted by molar-refractivity contribution is 6.39. The Kier molecular flexibility index (Phi) is 8.33. The average molecular weight is 535 g/mol. The second-order valence-corrected chi connectivity index (χ2v) is 8.95. The normalized spacial score (nSPS) is 14.5. The Hall–Kier alpha value is -4.30. The number of anilines is 1. The van der Waals surface area contributed by atoms with E-state index in [0.717, 1.165) is 16.2 Å². The number of halogens is 1. The molecule has 0 bridgehead atoms. The quantitative estimate of drug-likeness (QED) is 0.222. The number of nitrogens with one attached hydrogen (secondary N) is 1. The van der Waals surface area contributed by atoms with E-state index >= 15 is 0 Å². The van der Waals surface area contributed by atoms with Gasteiger partial charge in [-0.2, -0.15) is 0 Å². The van der Waals surface area contributed by atoms with Crippen molar-refractivity contribution in [3.63, 3.8) is 0 Å². The van der Waals surface area contributed by atoms with Gasteiger partial charge in [0.05, 0.1) is 12.3 Å². The van der Waals surface area contributed by atoms with Gasteiger partial charge >= 0.3 is 6.03 Å². The number of ether oxygens (including phenoxy) is 3. The standard InChI is InChI=1S/C29H27ClN2O6/c1-4-36-26-17-20(6-12-25(26)38-14-13-37-23-11-5-18(2)19(3)15-23)16-24-27(33)31-29(35)32(28(24)34)22-9-7-21(30)8-10-22/h5-12,15-17H,4,13-14H2,1-3H3,(H,31,33,35). The third kappa shape index (κ3) is 6.15. The number of urea groups is 1. The molecular weight excluding hydrogens is 508 g/mol. The summed E-state index contributed by atoms with van der Waals surface area (Å²) in [7, 11) is 0. The molecule has 0 atom stereocenters. The van der Waals surface area contributed by atoms with Crippen molar-refractivity contribution in [3.8, 4) is 17.2 Å². The Morgan fingerprint density at radius 2 is 1.58 bits per heavy atom. The van der Waals surface area contributed by atoms with Gasteiger partial charge in [0.2, 0.25) is 0 Å². The van der Waals surface area contributed by atoms with Gasteiger partial charge in [-0.1, -0.05) is 23.7 Å². The van der Waals surface area contributed by atoms with E-state index in [1.807, 2.05) is 39.0 Å². The summed E-state index contributed by atoms with van der Waals surface area (Å²) >= 11 is 5.92. The zero-order valence-corrected chi connectivity index (χ0v) is 22.0. The molecule has 4 amide bonds. The van der Waals surface area contributed by atoms with Gasteiger partial charge < -0.3 is 14.2 Å². The second kappa shape index (κ2) is 11.8. The maximum Gasteiger partial charge on any atom is 0.335 e. The van der Waals surface area contributed by atoms with Crippen molar-refractivity contribution in [2.75, 3.05) is 24.7 Å². The van der Waals surface area contributed by atoms with Crippen molar-refractivity contribution in [1.29, 1.82) is 0 Å². The van der Waals surface area contributed by atoms with E-state index in [0.29, 0.717) is 35.3 Å². The largest absolute Gasteiger partial charge is 0.490 e. The van der Waals surface area contributed by atoms with Crippen molar-refractivity contribution in [1.82, 2.24) is 5.32 Å². The number of aryl methyl sites for hydroxylation is 2. The summed E-state index contributed by atoms with van der Waals surface area (Å²) < 4.78 is 17.4.